The Morgan fingerprint density at radius 1 is 0.829 bits per heavy atom. The molecule has 1 aromatic heterocycles. The number of nitrogens with zero attached hydrogens (tertiary/aromatic N) is 4. The number of furan rings is 1. The molecule has 0 radical (unpaired) electrons. The van der Waals surface area contributed by atoms with Crippen molar-refractivity contribution in [2.75, 3.05) is 67.6 Å². The first kappa shape index (κ1) is 26.3. The second kappa shape index (κ2) is 11.3. The van der Waals surface area contributed by atoms with Crippen molar-refractivity contribution in [3.63, 3.8) is 0 Å². The third kappa shape index (κ3) is 5.57. The van der Waals surface area contributed by atoms with Crippen molar-refractivity contribution in [2.24, 2.45) is 0 Å². The number of nitrogens with one attached hydrogen (secondary N) is 1. The molecule has 3 heterocycles. The Morgan fingerprint density at radius 2 is 1.56 bits per heavy atom. The normalized spacial score (nSPS) is 15.7. The van der Waals surface area contributed by atoms with Crippen LogP contribution in [0.3, 0.4) is 0 Å². The molecule has 0 bridgehead atoms. The summed E-state index contributed by atoms with van der Waals surface area (Å²) in [6.07, 6.45) is 0. The third-order valence-corrected chi connectivity index (χ3v) is 7.48. The van der Waals surface area contributed by atoms with Crippen LogP contribution in [0, 0.1) is 10.1 Å². The van der Waals surface area contributed by atoms with Gasteiger partial charge in [-0.1, -0.05) is 18.2 Å². The second-order valence-corrected chi connectivity index (χ2v) is 9.99. The highest BCUT2D eigenvalue weighted by Crippen LogP contribution is 2.30. The van der Waals surface area contributed by atoms with E-state index in [0.29, 0.717) is 75.2 Å². The molecule has 0 atom stereocenters. The lowest BCUT2D eigenvalue weighted by molar-refractivity contribution is -0.384. The predicted octanol–water partition coefficient (Wildman–Crippen LogP) is 4.39. The van der Waals surface area contributed by atoms with Crippen LogP contribution in [0.4, 0.5) is 22.7 Å². The summed E-state index contributed by atoms with van der Waals surface area (Å²) >= 11 is 0. The minimum Gasteiger partial charge on any atom is -0.451 e. The average molecular weight is 556 g/mol. The molecule has 2 fully saturated rings. The number of piperazine rings is 1. The van der Waals surface area contributed by atoms with Crippen LogP contribution in [0.5, 0.6) is 0 Å². The number of anilines is 3. The van der Waals surface area contributed by atoms with Crippen molar-refractivity contribution >= 4 is 45.5 Å². The van der Waals surface area contributed by atoms with Gasteiger partial charge < -0.3 is 29.2 Å². The van der Waals surface area contributed by atoms with Crippen LogP contribution in [0.1, 0.15) is 20.9 Å². The summed E-state index contributed by atoms with van der Waals surface area (Å²) in [4.78, 5) is 43.0. The zero-order chi connectivity index (χ0) is 28.3. The monoisotopic (exact) mass is 555 g/mol. The van der Waals surface area contributed by atoms with Crippen molar-refractivity contribution in [2.45, 2.75) is 0 Å². The summed E-state index contributed by atoms with van der Waals surface area (Å²) < 4.78 is 11.1. The number of nitro benzene ring substituents is 1. The average Bonchev–Trinajstić information content (AvgIpc) is 3.46. The molecule has 1 N–H and O–H groups in total. The largest absolute Gasteiger partial charge is 0.451 e. The Hall–Kier alpha value is -4.90. The molecule has 11 nitrogen and oxygen atoms in total. The van der Waals surface area contributed by atoms with Crippen LogP contribution in [-0.4, -0.2) is 74.1 Å². The number of amides is 2. The number of nitro groups is 1. The number of hydrogen-bond donors (Lipinski definition) is 1. The molecule has 2 saturated heterocycles. The van der Waals surface area contributed by atoms with Crippen molar-refractivity contribution in [3.8, 4) is 0 Å². The van der Waals surface area contributed by atoms with Crippen LogP contribution in [0.15, 0.2) is 77.2 Å². The maximum absolute atomic E-state index is 13.0. The molecule has 11 heteroatoms. The number of ether oxygens (including phenoxy) is 1. The number of carbonyl (C=O) groups excluding carboxylic acids is 2. The molecule has 2 aliphatic rings. The molecule has 4 aromatic rings. The van der Waals surface area contributed by atoms with Gasteiger partial charge in [0.25, 0.3) is 17.5 Å². The topological polar surface area (TPSA) is 121 Å². The van der Waals surface area contributed by atoms with E-state index in [1.807, 2.05) is 41.3 Å². The predicted molar refractivity (Wildman–Crippen MR) is 155 cm³/mol. The fourth-order valence-electron chi connectivity index (χ4n) is 5.25. The number of para-hydroxylation sites is 1. The van der Waals surface area contributed by atoms with Gasteiger partial charge in [-0.2, -0.15) is 0 Å². The smallest absolute Gasteiger partial charge is 0.293 e. The van der Waals surface area contributed by atoms with E-state index in [2.05, 4.69) is 10.2 Å². The number of hydrogen-bond acceptors (Lipinski definition) is 8. The standard InChI is InChI=1S/C30H29N5O6/c36-29(22-5-10-25(26(19-22)35(38)39)33-15-17-40-18-16-33)31-23-6-8-24(9-7-23)32-11-13-34(14-12-32)30(37)28-20-21-3-1-2-4-27(21)41-28/h1-10,19-20H,11-18H2,(H,31,36). The van der Waals surface area contributed by atoms with E-state index in [-0.39, 0.29) is 17.2 Å². The van der Waals surface area contributed by atoms with E-state index in [0.717, 1.165) is 11.1 Å². The maximum atomic E-state index is 13.0. The van der Waals surface area contributed by atoms with E-state index in [1.54, 1.807) is 35.2 Å². The summed E-state index contributed by atoms with van der Waals surface area (Å²) in [5.41, 5.74) is 2.85. The molecule has 0 unspecified atom stereocenters. The molecule has 2 amide bonds. The van der Waals surface area contributed by atoms with E-state index >= 15 is 0 Å². The Kier molecular flexibility index (Phi) is 7.26. The molecule has 2 aliphatic heterocycles. The van der Waals surface area contributed by atoms with Gasteiger partial charge in [0, 0.05) is 67.7 Å². The van der Waals surface area contributed by atoms with Crippen LogP contribution in [0.25, 0.3) is 11.0 Å². The van der Waals surface area contributed by atoms with Gasteiger partial charge in [-0.05, 0) is 48.5 Å². The van der Waals surface area contributed by atoms with Gasteiger partial charge in [-0.15, -0.1) is 0 Å². The summed E-state index contributed by atoms with van der Waals surface area (Å²) in [5, 5.41) is 15.5. The van der Waals surface area contributed by atoms with Crippen molar-refractivity contribution in [1.29, 1.82) is 0 Å². The summed E-state index contributed by atoms with van der Waals surface area (Å²) in [5.74, 6) is -0.190. The number of benzene rings is 3. The second-order valence-electron chi connectivity index (χ2n) is 9.99. The van der Waals surface area contributed by atoms with Crippen molar-refractivity contribution < 1.29 is 23.7 Å². The maximum Gasteiger partial charge on any atom is 0.293 e. The van der Waals surface area contributed by atoms with Gasteiger partial charge in [0.05, 0.1) is 18.1 Å². The van der Waals surface area contributed by atoms with Gasteiger partial charge in [0.15, 0.2) is 5.76 Å². The van der Waals surface area contributed by atoms with Gasteiger partial charge in [0.1, 0.15) is 11.3 Å². The van der Waals surface area contributed by atoms with Crippen molar-refractivity contribution in [1.82, 2.24) is 4.90 Å². The SMILES string of the molecule is O=C(Nc1ccc(N2CCN(C(=O)c3cc4ccccc4o3)CC2)cc1)c1ccc(N2CCOCC2)c([N+](=O)[O-])c1. The lowest BCUT2D eigenvalue weighted by atomic mass is 10.1. The van der Waals surface area contributed by atoms with E-state index in [1.165, 1.54) is 6.07 Å². The molecule has 0 saturated carbocycles. The number of carbonyl (C=O) groups is 2. The first-order valence-corrected chi connectivity index (χ1v) is 13.5. The van der Waals surface area contributed by atoms with E-state index in [4.69, 9.17) is 9.15 Å². The molecule has 6 rings (SSSR count). The lowest BCUT2D eigenvalue weighted by Crippen LogP contribution is -2.48. The molecule has 3 aromatic carbocycles. The van der Waals surface area contributed by atoms with Crippen LogP contribution in [-0.2, 0) is 4.74 Å². The Labute approximate surface area is 236 Å². The Bertz CT molecular complexity index is 1550. The quantitative estimate of drug-likeness (QED) is 0.275. The minimum absolute atomic E-state index is 0.104. The molecular weight excluding hydrogens is 526 g/mol. The summed E-state index contributed by atoms with van der Waals surface area (Å²) in [7, 11) is 0. The number of morpholine rings is 1. The lowest BCUT2D eigenvalue weighted by Gasteiger charge is -2.35. The van der Waals surface area contributed by atoms with Gasteiger partial charge in [0.2, 0.25) is 0 Å². The zero-order valence-electron chi connectivity index (χ0n) is 22.3. The summed E-state index contributed by atoms with van der Waals surface area (Å²) in [6.45, 7) is 4.59. The third-order valence-electron chi connectivity index (χ3n) is 7.48. The molecule has 0 aliphatic carbocycles. The van der Waals surface area contributed by atoms with E-state index in [9.17, 15) is 19.7 Å². The molecular formula is C30H29N5O6. The van der Waals surface area contributed by atoms with Crippen LogP contribution >= 0.6 is 0 Å². The van der Waals surface area contributed by atoms with Gasteiger partial charge >= 0.3 is 0 Å². The van der Waals surface area contributed by atoms with Crippen LogP contribution < -0.4 is 15.1 Å². The molecule has 41 heavy (non-hydrogen) atoms. The Morgan fingerprint density at radius 3 is 2.27 bits per heavy atom. The fraction of sp³-hybridized carbons (Fsp3) is 0.267. The minimum atomic E-state index is -0.458. The zero-order valence-corrected chi connectivity index (χ0v) is 22.3. The van der Waals surface area contributed by atoms with Gasteiger partial charge in [-0.25, -0.2) is 0 Å². The molecule has 210 valence electrons. The first-order chi connectivity index (χ1) is 20.0. The van der Waals surface area contributed by atoms with Gasteiger partial charge in [-0.3, -0.25) is 19.7 Å². The highest BCUT2D eigenvalue weighted by Gasteiger charge is 2.26. The Balaban J connectivity index is 1.06. The summed E-state index contributed by atoms with van der Waals surface area (Å²) in [6, 6.07) is 21.3. The highest BCUT2D eigenvalue weighted by atomic mass is 16.6. The van der Waals surface area contributed by atoms with Crippen LogP contribution in [0.2, 0.25) is 0 Å². The molecule has 0 spiro atoms. The highest BCUT2D eigenvalue weighted by molar-refractivity contribution is 6.05. The number of fused-ring (bicyclic) bond motifs is 1. The number of rotatable bonds is 6. The van der Waals surface area contributed by atoms with Crippen molar-refractivity contribution in [3.05, 3.63) is 94.2 Å². The first-order valence-electron chi connectivity index (χ1n) is 13.5. The fourth-order valence-corrected chi connectivity index (χ4v) is 5.25. The van der Waals surface area contributed by atoms with E-state index < -0.39 is 10.8 Å².